The number of benzene rings is 2. The molecule has 0 spiro atoms. The molecule has 2 N–H and O–H groups in total. The minimum atomic E-state index is -0.558. The molecule has 0 aliphatic carbocycles. The molecule has 3 amide bonds. The zero-order chi connectivity index (χ0) is 18.4. The van der Waals surface area contributed by atoms with Gasteiger partial charge in [0, 0.05) is 25.2 Å². The fourth-order valence-electron chi connectivity index (χ4n) is 2.24. The van der Waals surface area contributed by atoms with Gasteiger partial charge >= 0.3 is 0 Å². The average molecular weight is 343 g/mol. The second-order valence-electron chi connectivity index (χ2n) is 5.36. The Labute approximate surface area is 144 Å². The molecule has 0 bridgehead atoms. The number of anilines is 3. The van der Waals surface area contributed by atoms with Gasteiger partial charge in [0.25, 0.3) is 0 Å². The first kappa shape index (κ1) is 18.1. The molecule has 0 aliphatic rings. The Bertz CT molecular complexity index is 808. The Kier molecular flexibility index (Phi) is 5.84. The van der Waals surface area contributed by atoms with Gasteiger partial charge in [0.1, 0.15) is 12.4 Å². The molecule has 2 aromatic rings. The van der Waals surface area contributed by atoms with E-state index >= 15 is 0 Å². The van der Waals surface area contributed by atoms with Crippen molar-refractivity contribution < 1.29 is 18.8 Å². The van der Waals surface area contributed by atoms with Crippen molar-refractivity contribution in [1.82, 2.24) is 0 Å². The van der Waals surface area contributed by atoms with Crippen molar-refractivity contribution in [3.8, 4) is 0 Å². The average Bonchev–Trinajstić information content (AvgIpc) is 2.54. The Morgan fingerprint density at radius 2 is 1.72 bits per heavy atom. The molecular weight excluding hydrogens is 325 g/mol. The van der Waals surface area contributed by atoms with Gasteiger partial charge in [0.05, 0.1) is 5.69 Å². The van der Waals surface area contributed by atoms with Crippen molar-refractivity contribution in [1.29, 1.82) is 0 Å². The summed E-state index contributed by atoms with van der Waals surface area (Å²) < 4.78 is 13.6. The van der Waals surface area contributed by atoms with Crippen LogP contribution in [0.1, 0.15) is 13.8 Å². The van der Waals surface area contributed by atoms with Crippen LogP contribution >= 0.6 is 0 Å². The highest BCUT2D eigenvalue weighted by molar-refractivity contribution is 6.02. The maximum atomic E-state index is 13.6. The fourth-order valence-corrected chi connectivity index (χ4v) is 2.24. The van der Waals surface area contributed by atoms with E-state index < -0.39 is 11.7 Å². The van der Waals surface area contributed by atoms with Gasteiger partial charge < -0.3 is 15.5 Å². The van der Waals surface area contributed by atoms with Crippen LogP contribution in [0.15, 0.2) is 48.5 Å². The first-order valence-electron chi connectivity index (χ1n) is 7.57. The molecule has 6 nitrogen and oxygen atoms in total. The van der Waals surface area contributed by atoms with Gasteiger partial charge in [-0.25, -0.2) is 4.39 Å². The summed E-state index contributed by atoms with van der Waals surface area (Å²) in [5.41, 5.74) is 0.996. The summed E-state index contributed by atoms with van der Waals surface area (Å²) in [4.78, 5) is 36.5. The van der Waals surface area contributed by atoms with Crippen molar-refractivity contribution in [3.63, 3.8) is 0 Å². The number of hydrogen-bond donors (Lipinski definition) is 2. The van der Waals surface area contributed by atoms with E-state index in [-0.39, 0.29) is 24.0 Å². The van der Waals surface area contributed by atoms with Crippen LogP contribution in [-0.4, -0.2) is 24.3 Å². The molecule has 0 aromatic heterocycles. The number of nitrogens with zero attached hydrogens (tertiary/aromatic N) is 1. The summed E-state index contributed by atoms with van der Waals surface area (Å²) in [6.45, 7) is 2.41. The second kappa shape index (κ2) is 8.05. The van der Waals surface area contributed by atoms with Crippen LogP contribution in [-0.2, 0) is 14.4 Å². The summed E-state index contributed by atoms with van der Waals surface area (Å²) >= 11 is 0. The summed E-state index contributed by atoms with van der Waals surface area (Å²) in [6, 6.07) is 12.3. The minimum Gasteiger partial charge on any atom is -0.326 e. The Balaban J connectivity index is 2.16. The summed E-state index contributed by atoms with van der Waals surface area (Å²) in [6.07, 6.45) is 0. The third-order valence-corrected chi connectivity index (χ3v) is 3.31. The Hall–Kier alpha value is -3.22. The highest BCUT2D eigenvalue weighted by atomic mass is 19.1. The lowest BCUT2D eigenvalue weighted by atomic mass is 10.2. The minimum absolute atomic E-state index is 0.0444. The lowest BCUT2D eigenvalue weighted by Crippen LogP contribution is -2.36. The maximum Gasteiger partial charge on any atom is 0.244 e. The predicted molar refractivity (Wildman–Crippen MR) is 93.8 cm³/mol. The number of hydrogen-bond acceptors (Lipinski definition) is 3. The molecule has 25 heavy (non-hydrogen) atoms. The van der Waals surface area contributed by atoms with Crippen molar-refractivity contribution in [2.24, 2.45) is 0 Å². The van der Waals surface area contributed by atoms with Crippen LogP contribution in [0.3, 0.4) is 0 Å². The number of carbonyl (C=O) groups excluding carboxylic acids is 3. The van der Waals surface area contributed by atoms with E-state index in [0.29, 0.717) is 11.4 Å². The fraction of sp³-hybridized carbons (Fsp3) is 0.167. The SMILES string of the molecule is CC(=O)Nc1cccc(N(CC(=O)Nc2ccccc2F)C(C)=O)c1. The predicted octanol–water partition coefficient (Wildman–Crippen LogP) is 2.78. The van der Waals surface area contributed by atoms with Crippen LogP contribution < -0.4 is 15.5 Å². The number of para-hydroxylation sites is 1. The molecule has 7 heteroatoms. The zero-order valence-corrected chi connectivity index (χ0v) is 13.9. The summed E-state index contributed by atoms with van der Waals surface area (Å²) in [5, 5.41) is 5.05. The van der Waals surface area contributed by atoms with E-state index in [1.807, 2.05) is 0 Å². The number of amides is 3. The van der Waals surface area contributed by atoms with Crippen LogP contribution in [0.4, 0.5) is 21.5 Å². The lowest BCUT2D eigenvalue weighted by Gasteiger charge is -2.21. The summed E-state index contributed by atoms with van der Waals surface area (Å²) in [7, 11) is 0. The molecule has 0 saturated heterocycles. The molecule has 130 valence electrons. The first-order chi connectivity index (χ1) is 11.9. The van der Waals surface area contributed by atoms with E-state index in [0.717, 1.165) is 0 Å². The van der Waals surface area contributed by atoms with Gasteiger partial charge in [-0.2, -0.15) is 0 Å². The monoisotopic (exact) mass is 343 g/mol. The third kappa shape index (κ3) is 5.13. The molecule has 0 heterocycles. The van der Waals surface area contributed by atoms with Gasteiger partial charge in [-0.1, -0.05) is 18.2 Å². The van der Waals surface area contributed by atoms with E-state index in [2.05, 4.69) is 10.6 Å². The van der Waals surface area contributed by atoms with Crippen LogP contribution in [0.2, 0.25) is 0 Å². The van der Waals surface area contributed by atoms with E-state index in [1.54, 1.807) is 30.3 Å². The molecule has 0 aliphatic heterocycles. The standard InChI is InChI=1S/C18H18FN3O3/c1-12(23)20-14-6-5-7-15(10-14)22(13(2)24)11-18(25)21-17-9-4-3-8-16(17)19/h3-10H,11H2,1-2H3,(H,20,23)(H,21,25). The quantitative estimate of drug-likeness (QED) is 0.876. The molecular formula is C18H18FN3O3. The van der Waals surface area contributed by atoms with Crippen molar-refractivity contribution in [2.45, 2.75) is 13.8 Å². The number of nitrogens with one attached hydrogen (secondary N) is 2. The van der Waals surface area contributed by atoms with Crippen LogP contribution in [0, 0.1) is 5.82 Å². The molecule has 0 fully saturated rings. The van der Waals surface area contributed by atoms with Crippen molar-refractivity contribution >= 4 is 34.8 Å². The number of rotatable bonds is 5. The Morgan fingerprint density at radius 3 is 2.36 bits per heavy atom. The molecule has 2 rings (SSSR count). The molecule has 0 unspecified atom stereocenters. The second-order valence-corrected chi connectivity index (χ2v) is 5.36. The normalized spacial score (nSPS) is 10.0. The highest BCUT2D eigenvalue weighted by Crippen LogP contribution is 2.20. The van der Waals surface area contributed by atoms with Gasteiger partial charge in [-0.05, 0) is 30.3 Å². The van der Waals surface area contributed by atoms with Crippen LogP contribution in [0.5, 0.6) is 0 Å². The van der Waals surface area contributed by atoms with E-state index in [1.165, 1.54) is 36.9 Å². The van der Waals surface area contributed by atoms with Gasteiger partial charge in [-0.3, -0.25) is 14.4 Å². The van der Waals surface area contributed by atoms with Gasteiger partial charge in [0.15, 0.2) is 0 Å². The smallest absolute Gasteiger partial charge is 0.244 e. The summed E-state index contributed by atoms with van der Waals surface area (Å²) in [5.74, 6) is -1.70. The molecule has 0 saturated carbocycles. The third-order valence-electron chi connectivity index (χ3n) is 3.31. The van der Waals surface area contributed by atoms with E-state index in [4.69, 9.17) is 0 Å². The zero-order valence-electron chi connectivity index (χ0n) is 13.9. The van der Waals surface area contributed by atoms with E-state index in [9.17, 15) is 18.8 Å². The number of carbonyl (C=O) groups is 3. The largest absolute Gasteiger partial charge is 0.326 e. The topological polar surface area (TPSA) is 78.5 Å². The molecule has 0 atom stereocenters. The molecule has 2 aromatic carbocycles. The van der Waals surface area contributed by atoms with Gasteiger partial charge in [-0.15, -0.1) is 0 Å². The lowest BCUT2D eigenvalue weighted by molar-refractivity contribution is -0.120. The Morgan fingerprint density at radius 1 is 1.00 bits per heavy atom. The van der Waals surface area contributed by atoms with Crippen LogP contribution in [0.25, 0.3) is 0 Å². The first-order valence-corrected chi connectivity index (χ1v) is 7.57. The number of halogens is 1. The van der Waals surface area contributed by atoms with Crippen molar-refractivity contribution in [3.05, 3.63) is 54.3 Å². The highest BCUT2D eigenvalue weighted by Gasteiger charge is 2.17. The molecule has 0 radical (unpaired) electrons. The van der Waals surface area contributed by atoms with Gasteiger partial charge in [0.2, 0.25) is 17.7 Å². The van der Waals surface area contributed by atoms with Crippen molar-refractivity contribution in [2.75, 3.05) is 22.1 Å². The maximum absolute atomic E-state index is 13.6.